The van der Waals surface area contributed by atoms with Crippen molar-refractivity contribution in [2.45, 2.75) is 18.8 Å². The number of aromatic nitrogens is 1. The number of aromatic carboxylic acids is 1. The molecule has 1 saturated heterocycles. The van der Waals surface area contributed by atoms with E-state index in [1.165, 1.54) is 18.2 Å². The molecule has 0 radical (unpaired) electrons. The monoisotopic (exact) mass is 456 g/mol. The molecule has 0 bridgehead atoms. The van der Waals surface area contributed by atoms with Gasteiger partial charge >= 0.3 is 5.97 Å². The number of ether oxygens (including phenoxy) is 1. The van der Waals surface area contributed by atoms with Crippen LogP contribution in [0.3, 0.4) is 0 Å². The molecule has 7 heteroatoms. The first kappa shape index (κ1) is 21.7. The molecule has 0 aliphatic carbocycles. The van der Waals surface area contributed by atoms with Crippen LogP contribution in [0.1, 0.15) is 40.4 Å². The fourth-order valence-corrected chi connectivity index (χ4v) is 4.80. The molecule has 1 aliphatic heterocycles. The van der Waals surface area contributed by atoms with E-state index in [2.05, 4.69) is 0 Å². The van der Waals surface area contributed by atoms with Crippen LogP contribution >= 0.6 is 0 Å². The average molecular weight is 456 g/mol. The molecular weight excluding hydrogens is 435 g/mol. The molecular formula is C27H21FN2O4. The van der Waals surface area contributed by atoms with Crippen molar-refractivity contribution in [2.24, 2.45) is 0 Å². The first-order chi connectivity index (χ1) is 16.5. The highest BCUT2D eigenvalue weighted by Crippen LogP contribution is 2.47. The van der Waals surface area contributed by atoms with E-state index in [-0.39, 0.29) is 28.6 Å². The lowest BCUT2D eigenvalue weighted by Gasteiger charge is -2.26. The molecule has 0 spiro atoms. The first-order valence-electron chi connectivity index (χ1n) is 11.0. The molecule has 1 aliphatic rings. The van der Waals surface area contributed by atoms with Crippen LogP contribution in [0.15, 0.2) is 60.7 Å². The lowest BCUT2D eigenvalue weighted by molar-refractivity contribution is 0.0697. The Kier molecular flexibility index (Phi) is 5.52. The van der Waals surface area contributed by atoms with Crippen molar-refractivity contribution in [1.82, 2.24) is 4.57 Å². The number of phenolic OH excluding ortho intramolecular Hbond substituents is 1. The van der Waals surface area contributed by atoms with Crippen LogP contribution in [0.4, 0.5) is 4.39 Å². The summed E-state index contributed by atoms with van der Waals surface area (Å²) in [6.45, 7) is 1.14. The van der Waals surface area contributed by atoms with E-state index >= 15 is 0 Å². The van der Waals surface area contributed by atoms with Crippen molar-refractivity contribution < 1.29 is 24.1 Å². The zero-order chi connectivity index (χ0) is 23.8. The second-order valence-electron chi connectivity index (χ2n) is 8.31. The predicted octanol–water partition coefficient (Wildman–Crippen LogP) is 5.61. The van der Waals surface area contributed by atoms with E-state index in [1.807, 2.05) is 10.6 Å². The molecule has 1 aromatic heterocycles. The van der Waals surface area contributed by atoms with Crippen LogP contribution in [-0.2, 0) is 4.74 Å². The molecule has 0 atom stereocenters. The van der Waals surface area contributed by atoms with Gasteiger partial charge in [0.1, 0.15) is 17.6 Å². The first-order valence-corrected chi connectivity index (χ1v) is 11.0. The van der Waals surface area contributed by atoms with Crippen LogP contribution in [0, 0.1) is 17.1 Å². The second-order valence-corrected chi connectivity index (χ2v) is 8.31. The molecule has 2 heterocycles. The molecule has 34 heavy (non-hydrogen) atoms. The summed E-state index contributed by atoms with van der Waals surface area (Å²) in [5.74, 6) is -1.54. The summed E-state index contributed by atoms with van der Waals surface area (Å²) in [6, 6.07) is 18.0. The maximum absolute atomic E-state index is 13.8. The molecule has 2 N–H and O–H groups in total. The van der Waals surface area contributed by atoms with Crippen molar-refractivity contribution in [3.05, 3.63) is 83.3 Å². The number of nitrogens with zero attached hydrogens (tertiary/aromatic N) is 2. The molecule has 0 unspecified atom stereocenters. The number of hydrogen-bond donors (Lipinski definition) is 2. The Morgan fingerprint density at radius 2 is 1.82 bits per heavy atom. The maximum Gasteiger partial charge on any atom is 0.335 e. The summed E-state index contributed by atoms with van der Waals surface area (Å²) in [5.41, 5.74) is 3.77. The number of nitriles is 1. The minimum absolute atomic E-state index is 0.0413. The van der Waals surface area contributed by atoms with E-state index in [0.29, 0.717) is 40.9 Å². The van der Waals surface area contributed by atoms with Gasteiger partial charge in [-0.2, -0.15) is 5.26 Å². The Bertz CT molecular complexity index is 1440. The lowest BCUT2D eigenvalue weighted by Crippen LogP contribution is -2.17. The third-order valence-corrected chi connectivity index (χ3v) is 6.36. The summed E-state index contributed by atoms with van der Waals surface area (Å²) in [6.07, 6.45) is 1.46. The van der Waals surface area contributed by atoms with Crippen molar-refractivity contribution in [3.8, 4) is 28.6 Å². The van der Waals surface area contributed by atoms with Gasteiger partial charge in [-0.05, 0) is 66.9 Å². The predicted molar refractivity (Wildman–Crippen MR) is 125 cm³/mol. The number of rotatable bonds is 4. The standard InChI is InChI=1S/C27H21FN2O4/c28-20-5-7-21(8-6-20)30-22-9-4-19(15-29)26(31)24(22)23(25(30)16-10-12-34-13-11-16)17-2-1-3-18(14-17)27(32)33/h1-9,14,16,31H,10-13H2,(H,32,33). The van der Waals surface area contributed by atoms with Gasteiger partial charge in [-0.25, -0.2) is 9.18 Å². The number of halogens is 1. The second kappa shape index (κ2) is 8.65. The number of fused-ring (bicyclic) bond motifs is 1. The maximum atomic E-state index is 13.8. The van der Waals surface area contributed by atoms with E-state index in [0.717, 1.165) is 18.5 Å². The summed E-state index contributed by atoms with van der Waals surface area (Å²) < 4.78 is 21.3. The van der Waals surface area contributed by atoms with Gasteiger partial charge in [-0.1, -0.05) is 12.1 Å². The summed E-state index contributed by atoms with van der Waals surface area (Å²) in [7, 11) is 0. The molecule has 170 valence electrons. The normalized spacial score (nSPS) is 14.2. The van der Waals surface area contributed by atoms with Gasteiger partial charge in [-0.15, -0.1) is 0 Å². The van der Waals surface area contributed by atoms with Crippen LogP contribution in [0.2, 0.25) is 0 Å². The quantitative estimate of drug-likeness (QED) is 0.416. The van der Waals surface area contributed by atoms with E-state index in [1.54, 1.807) is 42.5 Å². The number of aromatic hydroxyl groups is 1. The van der Waals surface area contributed by atoms with Crippen LogP contribution in [0.5, 0.6) is 5.75 Å². The number of carboxylic acid groups (broad SMARTS) is 1. The third-order valence-electron chi connectivity index (χ3n) is 6.36. The molecule has 0 amide bonds. The van der Waals surface area contributed by atoms with Gasteiger partial charge < -0.3 is 19.5 Å². The van der Waals surface area contributed by atoms with Crippen LogP contribution < -0.4 is 0 Å². The van der Waals surface area contributed by atoms with Crippen molar-refractivity contribution >= 4 is 16.9 Å². The lowest BCUT2D eigenvalue weighted by atomic mass is 9.89. The molecule has 4 aromatic rings. The Morgan fingerprint density at radius 1 is 1.09 bits per heavy atom. The van der Waals surface area contributed by atoms with Gasteiger partial charge in [0.25, 0.3) is 0 Å². The number of phenols is 1. The van der Waals surface area contributed by atoms with Gasteiger partial charge in [-0.3, -0.25) is 0 Å². The van der Waals surface area contributed by atoms with Gasteiger partial charge in [0.2, 0.25) is 0 Å². The minimum Gasteiger partial charge on any atom is -0.506 e. The summed E-state index contributed by atoms with van der Waals surface area (Å²) in [5, 5.41) is 30.8. The van der Waals surface area contributed by atoms with Crippen molar-refractivity contribution in [2.75, 3.05) is 13.2 Å². The Hall–Kier alpha value is -4.15. The minimum atomic E-state index is -1.06. The molecule has 5 rings (SSSR count). The van der Waals surface area contributed by atoms with E-state index in [4.69, 9.17) is 4.74 Å². The van der Waals surface area contributed by atoms with E-state index < -0.39 is 5.97 Å². The van der Waals surface area contributed by atoms with Crippen LogP contribution in [0.25, 0.3) is 27.7 Å². The topological polar surface area (TPSA) is 95.5 Å². The average Bonchev–Trinajstić information content (AvgIpc) is 3.21. The number of carbonyl (C=O) groups is 1. The fourth-order valence-electron chi connectivity index (χ4n) is 4.80. The summed E-state index contributed by atoms with van der Waals surface area (Å²) >= 11 is 0. The Balaban J connectivity index is 1.93. The largest absolute Gasteiger partial charge is 0.506 e. The Labute approximate surface area is 195 Å². The number of hydrogen-bond acceptors (Lipinski definition) is 4. The zero-order valence-corrected chi connectivity index (χ0v) is 18.2. The highest BCUT2D eigenvalue weighted by atomic mass is 19.1. The van der Waals surface area contributed by atoms with Gasteiger partial charge in [0.15, 0.2) is 0 Å². The van der Waals surface area contributed by atoms with Gasteiger partial charge in [0, 0.05) is 36.1 Å². The number of benzene rings is 3. The van der Waals surface area contributed by atoms with Crippen molar-refractivity contribution in [1.29, 1.82) is 5.26 Å². The molecule has 0 saturated carbocycles. The fraction of sp³-hybridized carbons (Fsp3) is 0.185. The molecule has 3 aromatic carbocycles. The zero-order valence-electron chi connectivity index (χ0n) is 18.2. The van der Waals surface area contributed by atoms with Crippen molar-refractivity contribution in [3.63, 3.8) is 0 Å². The third kappa shape index (κ3) is 3.58. The molecule has 6 nitrogen and oxygen atoms in total. The SMILES string of the molecule is N#Cc1ccc2c(c1O)c(-c1cccc(C(=O)O)c1)c(C1CCOCC1)n2-c1ccc(F)cc1. The smallest absolute Gasteiger partial charge is 0.335 e. The highest BCUT2D eigenvalue weighted by molar-refractivity contribution is 6.05. The Morgan fingerprint density at radius 3 is 2.50 bits per heavy atom. The molecule has 1 fully saturated rings. The highest BCUT2D eigenvalue weighted by Gasteiger charge is 2.30. The van der Waals surface area contributed by atoms with Gasteiger partial charge in [0.05, 0.1) is 22.0 Å². The van der Waals surface area contributed by atoms with Crippen LogP contribution in [-0.4, -0.2) is 34.0 Å². The summed E-state index contributed by atoms with van der Waals surface area (Å²) in [4.78, 5) is 11.7. The van der Waals surface area contributed by atoms with E-state index in [9.17, 15) is 24.7 Å². The number of carboxylic acids is 1.